The van der Waals surface area contributed by atoms with E-state index in [0.29, 0.717) is 0 Å². The molecule has 112 valence electrons. The van der Waals surface area contributed by atoms with Gasteiger partial charge < -0.3 is 5.32 Å². The molecule has 2 heterocycles. The summed E-state index contributed by atoms with van der Waals surface area (Å²) < 4.78 is 25.2. The van der Waals surface area contributed by atoms with Crippen molar-refractivity contribution >= 4 is 15.9 Å². The average Bonchev–Trinajstić information content (AvgIpc) is 3.01. The highest BCUT2D eigenvalue weighted by molar-refractivity contribution is 7.89. The molecule has 0 spiro atoms. The molecule has 8 nitrogen and oxygen atoms in total. The fraction of sp³-hybridized carbons (Fsp3) is 0.250. The van der Waals surface area contributed by atoms with Crippen molar-refractivity contribution in [2.45, 2.75) is 18.0 Å². The lowest BCUT2D eigenvalue weighted by atomic mass is 10.2. The number of nitrogens with zero attached hydrogens (tertiary/aromatic N) is 2. The predicted molar refractivity (Wildman–Crippen MR) is 75.0 cm³/mol. The van der Waals surface area contributed by atoms with E-state index in [4.69, 9.17) is 0 Å². The number of aromatic amines is 1. The molecule has 2 rings (SSSR count). The molecule has 0 aliphatic carbocycles. The van der Waals surface area contributed by atoms with E-state index in [9.17, 15) is 13.2 Å². The molecule has 0 saturated heterocycles. The Morgan fingerprint density at radius 3 is 2.62 bits per heavy atom. The largest absolute Gasteiger partial charge is 0.344 e. The molecule has 0 fully saturated rings. The van der Waals surface area contributed by atoms with Gasteiger partial charge in [-0.1, -0.05) is 0 Å². The average molecular weight is 309 g/mol. The standard InChI is InChI=1S/C12H15N5O3S/c1-8(10-5-6-15-17-10)16-12(18)9-3-4-11(14-7-9)21(19,20)13-2/h3-8,13H,1-2H3,(H,15,17)(H,16,18)/t8-/m1/s1. The number of hydrogen-bond acceptors (Lipinski definition) is 5. The SMILES string of the molecule is CNS(=O)(=O)c1ccc(C(=O)N[C@H](C)c2ccn[nH]2)cn1. The van der Waals surface area contributed by atoms with Crippen molar-refractivity contribution in [3.63, 3.8) is 0 Å². The highest BCUT2D eigenvalue weighted by Gasteiger charge is 2.16. The van der Waals surface area contributed by atoms with Crippen LogP contribution in [0.5, 0.6) is 0 Å². The van der Waals surface area contributed by atoms with E-state index in [0.717, 1.165) is 5.69 Å². The zero-order chi connectivity index (χ0) is 15.5. The third kappa shape index (κ3) is 3.44. The van der Waals surface area contributed by atoms with Gasteiger partial charge in [0.1, 0.15) is 0 Å². The number of amides is 1. The molecule has 21 heavy (non-hydrogen) atoms. The number of nitrogens with one attached hydrogen (secondary N) is 3. The third-order valence-electron chi connectivity index (χ3n) is 2.88. The molecule has 2 aromatic heterocycles. The van der Waals surface area contributed by atoms with Crippen molar-refractivity contribution < 1.29 is 13.2 Å². The number of H-pyrrole nitrogens is 1. The van der Waals surface area contributed by atoms with Crippen molar-refractivity contribution in [2.24, 2.45) is 0 Å². The van der Waals surface area contributed by atoms with Crippen LogP contribution in [0.1, 0.15) is 29.0 Å². The van der Waals surface area contributed by atoms with Crippen LogP contribution in [0, 0.1) is 0 Å². The van der Waals surface area contributed by atoms with Crippen LogP contribution in [0.3, 0.4) is 0 Å². The van der Waals surface area contributed by atoms with Crippen LogP contribution >= 0.6 is 0 Å². The number of rotatable bonds is 5. The van der Waals surface area contributed by atoms with Gasteiger partial charge in [-0.05, 0) is 32.2 Å². The van der Waals surface area contributed by atoms with Crippen LogP contribution in [0.4, 0.5) is 0 Å². The molecule has 0 unspecified atom stereocenters. The minimum atomic E-state index is -3.61. The second-order valence-corrected chi connectivity index (χ2v) is 6.13. The molecule has 0 aliphatic rings. The zero-order valence-electron chi connectivity index (χ0n) is 11.5. The van der Waals surface area contributed by atoms with E-state index in [2.05, 4.69) is 25.2 Å². The molecule has 1 atom stereocenters. The number of pyridine rings is 1. The minimum absolute atomic E-state index is 0.136. The molecule has 3 N–H and O–H groups in total. The molecular formula is C12H15N5O3S. The summed E-state index contributed by atoms with van der Waals surface area (Å²) in [6.07, 6.45) is 2.82. The van der Waals surface area contributed by atoms with E-state index in [-0.39, 0.29) is 22.5 Å². The number of carbonyl (C=O) groups excluding carboxylic acids is 1. The first-order valence-corrected chi connectivity index (χ1v) is 7.62. The Bertz CT molecular complexity index is 710. The molecule has 9 heteroatoms. The summed E-state index contributed by atoms with van der Waals surface area (Å²) in [5, 5.41) is 9.19. The second kappa shape index (κ2) is 6.02. The number of sulfonamides is 1. The molecule has 0 aromatic carbocycles. The quantitative estimate of drug-likeness (QED) is 0.729. The number of carbonyl (C=O) groups is 1. The maximum atomic E-state index is 12.0. The second-order valence-electron chi connectivity index (χ2n) is 4.30. The van der Waals surface area contributed by atoms with Crippen LogP contribution < -0.4 is 10.0 Å². The Morgan fingerprint density at radius 1 is 1.33 bits per heavy atom. The number of hydrogen-bond donors (Lipinski definition) is 3. The van der Waals surface area contributed by atoms with E-state index < -0.39 is 10.0 Å². The van der Waals surface area contributed by atoms with Gasteiger partial charge in [0.25, 0.3) is 15.9 Å². The summed E-state index contributed by atoms with van der Waals surface area (Å²) >= 11 is 0. The van der Waals surface area contributed by atoms with Crippen molar-refractivity contribution in [1.82, 2.24) is 25.2 Å². The molecule has 0 aliphatic heterocycles. The van der Waals surface area contributed by atoms with Crippen LogP contribution in [-0.4, -0.2) is 36.6 Å². The Morgan fingerprint density at radius 2 is 2.10 bits per heavy atom. The van der Waals surface area contributed by atoms with E-state index in [1.807, 2.05) is 0 Å². The van der Waals surface area contributed by atoms with E-state index >= 15 is 0 Å². The van der Waals surface area contributed by atoms with Gasteiger partial charge in [0.15, 0.2) is 5.03 Å². The van der Waals surface area contributed by atoms with Gasteiger partial charge in [-0.3, -0.25) is 9.89 Å². The maximum Gasteiger partial charge on any atom is 0.257 e. The lowest BCUT2D eigenvalue weighted by molar-refractivity contribution is 0.0938. The first kappa shape index (κ1) is 15.1. The molecule has 2 aromatic rings. The number of aromatic nitrogens is 3. The normalized spacial score (nSPS) is 12.9. The Kier molecular flexibility index (Phi) is 4.34. The van der Waals surface area contributed by atoms with Gasteiger partial charge in [-0.25, -0.2) is 18.1 Å². The third-order valence-corrected chi connectivity index (χ3v) is 4.21. The van der Waals surface area contributed by atoms with E-state index in [1.165, 1.54) is 25.4 Å². The summed E-state index contributed by atoms with van der Waals surface area (Å²) in [5.74, 6) is -0.349. The molecule has 0 saturated carbocycles. The fourth-order valence-corrected chi connectivity index (χ4v) is 2.29. The Balaban J connectivity index is 2.10. The van der Waals surface area contributed by atoms with Crippen molar-refractivity contribution in [3.8, 4) is 0 Å². The summed E-state index contributed by atoms with van der Waals surface area (Å²) in [4.78, 5) is 15.8. The van der Waals surface area contributed by atoms with Gasteiger partial charge in [0.05, 0.1) is 17.3 Å². The van der Waals surface area contributed by atoms with Crippen LogP contribution in [0.15, 0.2) is 35.6 Å². The molecule has 1 amide bonds. The van der Waals surface area contributed by atoms with Crippen molar-refractivity contribution in [2.75, 3.05) is 7.05 Å². The monoisotopic (exact) mass is 309 g/mol. The van der Waals surface area contributed by atoms with E-state index in [1.54, 1.807) is 19.2 Å². The van der Waals surface area contributed by atoms with Gasteiger partial charge in [0, 0.05) is 12.4 Å². The summed E-state index contributed by atoms with van der Waals surface area (Å²) in [7, 11) is -2.31. The molecular weight excluding hydrogens is 294 g/mol. The van der Waals surface area contributed by atoms with Crippen LogP contribution in [0.25, 0.3) is 0 Å². The highest BCUT2D eigenvalue weighted by Crippen LogP contribution is 2.10. The van der Waals surface area contributed by atoms with Crippen molar-refractivity contribution in [1.29, 1.82) is 0 Å². The summed E-state index contributed by atoms with van der Waals surface area (Å²) in [6, 6.07) is 4.19. The van der Waals surface area contributed by atoms with Gasteiger partial charge in [0.2, 0.25) is 0 Å². The minimum Gasteiger partial charge on any atom is -0.344 e. The van der Waals surface area contributed by atoms with Crippen LogP contribution in [-0.2, 0) is 10.0 Å². The lowest BCUT2D eigenvalue weighted by Crippen LogP contribution is -2.27. The summed E-state index contributed by atoms with van der Waals surface area (Å²) in [5.41, 5.74) is 1.04. The highest BCUT2D eigenvalue weighted by atomic mass is 32.2. The van der Waals surface area contributed by atoms with Gasteiger partial charge in [-0.15, -0.1) is 0 Å². The lowest BCUT2D eigenvalue weighted by Gasteiger charge is -2.12. The topological polar surface area (TPSA) is 117 Å². The maximum absolute atomic E-state index is 12.0. The van der Waals surface area contributed by atoms with Gasteiger partial charge in [-0.2, -0.15) is 5.10 Å². The zero-order valence-corrected chi connectivity index (χ0v) is 12.3. The first-order chi connectivity index (χ1) is 9.94. The predicted octanol–water partition coefficient (Wildman–Crippen LogP) is 0.204. The summed E-state index contributed by atoms with van der Waals surface area (Å²) in [6.45, 7) is 1.80. The molecule has 0 radical (unpaired) electrons. The Hall–Kier alpha value is -2.26. The van der Waals surface area contributed by atoms with Crippen molar-refractivity contribution in [3.05, 3.63) is 41.9 Å². The van der Waals surface area contributed by atoms with Gasteiger partial charge >= 0.3 is 0 Å². The molecule has 0 bridgehead atoms. The fourth-order valence-electron chi connectivity index (χ4n) is 1.64. The Labute approximate surface area is 122 Å². The van der Waals surface area contributed by atoms with Crippen LogP contribution in [0.2, 0.25) is 0 Å². The smallest absolute Gasteiger partial charge is 0.257 e. The first-order valence-electron chi connectivity index (χ1n) is 6.14.